The van der Waals surface area contributed by atoms with E-state index in [1.807, 2.05) is 81.4 Å². The number of hydrogen-bond donors (Lipinski definition) is 4. The molecule has 0 amide bonds. The van der Waals surface area contributed by atoms with E-state index in [2.05, 4.69) is 0 Å². The fraction of sp³-hybridized carbons (Fsp3) is 0.731. The Bertz CT molecular complexity index is 1940. The van der Waals surface area contributed by atoms with Crippen molar-refractivity contribution in [2.24, 2.45) is 68.0 Å². The fourth-order valence-electron chi connectivity index (χ4n) is 13.5. The maximum Gasteiger partial charge on any atom is 0.183 e. The lowest BCUT2D eigenvalue weighted by Crippen LogP contribution is -2.50. The van der Waals surface area contributed by atoms with Gasteiger partial charge in [-0.3, -0.25) is 28.8 Å². The highest BCUT2D eigenvalue weighted by atomic mass is 16.3. The quantitative estimate of drug-likeness (QED) is 0.0838. The maximum absolute atomic E-state index is 14.1. The third-order valence-corrected chi connectivity index (χ3v) is 17.3. The van der Waals surface area contributed by atoms with Crippen molar-refractivity contribution in [3.05, 3.63) is 46.0 Å². The molecule has 6 aliphatic rings. The Balaban J connectivity index is 0.000000234. The molecule has 4 bridgehead atoms. The summed E-state index contributed by atoms with van der Waals surface area (Å²) in [6.45, 7) is 29.9. The number of aliphatic hydroxyl groups is 4. The molecule has 6 rings (SSSR count). The number of aliphatic hydroxyl groups excluding tert-OH is 2. The molecule has 0 aromatic carbocycles. The summed E-state index contributed by atoms with van der Waals surface area (Å²) >= 11 is 0. The van der Waals surface area contributed by atoms with Crippen molar-refractivity contribution < 1.29 is 49.2 Å². The molecule has 0 aromatic rings. The molecule has 62 heavy (non-hydrogen) atoms. The maximum atomic E-state index is 14.1. The van der Waals surface area contributed by atoms with Gasteiger partial charge in [0.25, 0.3) is 0 Å². The van der Waals surface area contributed by atoms with Crippen molar-refractivity contribution in [3.63, 3.8) is 0 Å². The lowest BCUT2D eigenvalue weighted by Gasteiger charge is -2.41. The van der Waals surface area contributed by atoms with E-state index in [1.165, 1.54) is 0 Å². The lowest BCUT2D eigenvalue weighted by atomic mass is 9.62. The summed E-state index contributed by atoms with van der Waals surface area (Å²) in [6, 6.07) is 0. The molecule has 2 spiro atoms. The molecule has 10 heteroatoms. The number of Topliss-reactive ketones (excluding diaryl/α,β-unsaturated/α-hetero) is 6. The fourth-order valence-corrected chi connectivity index (χ4v) is 13.5. The lowest BCUT2D eigenvalue weighted by molar-refractivity contribution is -0.147. The van der Waals surface area contributed by atoms with Crippen molar-refractivity contribution in [2.75, 3.05) is 0 Å². The Hall–Kier alpha value is -3.50. The average Bonchev–Trinajstić information content (AvgIpc) is 3.73. The van der Waals surface area contributed by atoms with Gasteiger partial charge in [0.05, 0.1) is 32.9 Å². The van der Waals surface area contributed by atoms with E-state index >= 15 is 0 Å². The molecule has 0 radical (unpaired) electrons. The number of allylic oxidation sites excluding steroid dienone is 8. The second kappa shape index (κ2) is 15.6. The van der Waals surface area contributed by atoms with E-state index in [0.29, 0.717) is 25.7 Å². The van der Waals surface area contributed by atoms with Crippen LogP contribution in [0.5, 0.6) is 0 Å². The molecule has 0 heterocycles. The Morgan fingerprint density at radius 3 is 1.15 bits per heavy atom. The van der Waals surface area contributed by atoms with Gasteiger partial charge in [-0.15, -0.1) is 0 Å². The molecule has 0 aromatic heterocycles. The molecule has 0 saturated heterocycles. The van der Waals surface area contributed by atoms with Crippen LogP contribution in [0, 0.1) is 68.0 Å². The molecule has 4 saturated carbocycles. The van der Waals surface area contributed by atoms with Crippen LogP contribution in [0.15, 0.2) is 46.0 Å². The van der Waals surface area contributed by atoms with Gasteiger partial charge in [0.15, 0.2) is 34.7 Å². The van der Waals surface area contributed by atoms with Gasteiger partial charge < -0.3 is 20.4 Å². The molecular formula is C52H76O10. The largest absolute Gasteiger partial charge is 0.510 e. The Labute approximate surface area is 370 Å². The van der Waals surface area contributed by atoms with Crippen LogP contribution in [0.4, 0.5) is 0 Å². The van der Waals surface area contributed by atoms with Crippen molar-refractivity contribution in [2.45, 2.75) is 173 Å². The molecule has 6 aliphatic carbocycles. The van der Waals surface area contributed by atoms with E-state index < -0.39 is 67.1 Å². The first-order chi connectivity index (χ1) is 28.2. The SMILES string of the molecule is CCC(C)C(=O)C1=C(O)C2(CC=C(C)C)C[C@@H]3C(C)(C)[C@H](C(C)(C)O)C[C@]3(C1=O)C2=O.CCC(C)C(=O)C1=C(O)C2(CC=C(C)C)C[C@H]3C(C)(C)[C@@H](C(C)(C)O)C[C@@]3(C1=O)C2=O. The van der Waals surface area contributed by atoms with E-state index in [1.54, 1.807) is 41.5 Å². The van der Waals surface area contributed by atoms with Crippen molar-refractivity contribution >= 4 is 34.7 Å². The first-order valence-corrected chi connectivity index (χ1v) is 23.0. The second-order valence-electron chi connectivity index (χ2n) is 23.2. The van der Waals surface area contributed by atoms with Crippen LogP contribution in [0.2, 0.25) is 0 Å². The predicted molar refractivity (Wildman–Crippen MR) is 239 cm³/mol. The summed E-state index contributed by atoms with van der Waals surface area (Å²) < 4.78 is 0. The molecule has 4 fully saturated rings. The zero-order chi connectivity index (χ0) is 47.5. The molecule has 10 nitrogen and oxygen atoms in total. The number of rotatable bonds is 12. The van der Waals surface area contributed by atoms with Gasteiger partial charge in [-0.25, -0.2) is 0 Å². The Morgan fingerprint density at radius 2 is 0.903 bits per heavy atom. The van der Waals surface area contributed by atoms with Crippen LogP contribution in [0.1, 0.15) is 162 Å². The molecular weight excluding hydrogens is 785 g/mol. The number of hydrogen-bond acceptors (Lipinski definition) is 10. The summed E-state index contributed by atoms with van der Waals surface area (Å²) in [7, 11) is 0. The van der Waals surface area contributed by atoms with Gasteiger partial charge >= 0.3 is 0 Å². The Morgan fingerprint density at radius 1 is 0.613 bits per heavy atom. The first-order valence-electron chi connectivity index (χ1n) is 23.0. The van der Waals surface area contributed by atoms with E-state index in [4.69, 9.17) is 0 Å². The summed E-state index contributed by atoms with van der Waals surface area (Å²) in [4.78, 5) is 82.6. The molecule has 0 aliphatic heterocycles. The highest BCUT2D eigenvalue weighted by Gasteiger charge is 2.80. The van der Waals surface area contributed by atoms with Crippen molar-refractivity contribution in [1.29, 1.82) is 0 Å². The van der Waals surface area contributed by atoms with E-state index in [0.717, 1.165) is 11.1 Å². The number of fused-ring (bicyclic) bond motifs is 2. The topological polar surface area (TPSA) is 183 Å². The van der Waals surface area contributed by atoms with E-state index in [-0.39, 0.29) is 95.2 Å². The first kappa shape index (κ1) is 49.5. The van der Waals surface area contributed by atoms with Crippen LogP contribution in [-0.4, -0.2) is 66.3 Å². The summed E-state index contributed by atoms with van der Waals surface area (Å²) in [5.74, 6) is -5.00. The zero-order valence-corrected chi connectivity index (χ0v) is 40.5. The number of carbonyl (C=O) groups excluding carboxylic acids is 6. The zero-order valence-electron chi connectivity index (χ0n) is 40.5. The summed E-state index contributed by atoms with van der Waals surface area (Å²) in [6.07, 6.45) is 6.58. The van der Waals surface area contributed by atoms with E-state index in [9.17, 15) is 49.2 Å². The number of ketones is 6. The van der Waals surface area contributed by atoms with Crippen molar-refractivity contribution in [3.8, 4) is 0 Å². The van der Waals surface area contributed by atoms with Gasteiger partial charge in [-0.05, 0) is 141 Å². The third-order valence-electron chi connectivity index (χ3n) is 17.3. The minimum absolute atomic E-state index is 0.161. The third kappa shape index (κ3) is 6.76. The highest BCUT2D eigenvalue weighted by Crippen LogP contribution is 2.75. The standard InChI is InChI=1S/2C26H38O5/c2*1-9-15(4)19(27)18-20(28)25(11-10-14(2)3)12-17-23(5,6)16(24(7,8)31)13-26(17,21(18)29)22(25)30/h2*10,15-17,28,31H,9,11-13H2,1-8H3/t2*15?,16-,17-,25?,26+/m10/s1. The summed E-state index contributed by atoms with van der Waals surface area (Å²) in [5.41, 5.74) is -6.64. The van der Waals surface area contributed by atoms with Gasteiger partial charge in [-0.2, -0.15) is 0 Å². The van der Waals surface area contributed by atoms with Gasteiger partial charge in [-0.1, -0.05) is 78.7 Å². The van der Waals surface area contributed by atoms with Crippen LogP contribution >= 0.6 is 0 Å². The second-order valence-corrected chi connectivity index (χ2v) is 23.2. The normalized spacial score (nSPS) is 35.3. The molecule has 344 valence electrons. The van der Waals surface area contributed by atoms with Gasteiger partial charge in [0, 0.05) is 11.8 Å². The summed E-state index contributed by atoms with van der Waals surface area (Å²) in [5, 5.41) is 44.5. The molecule has 10 atom stereocenters. The highest BCUT2D eigenvalue weighted by molar-refractivity contribution is 6.33. The van der Waals surface area contributed by atoms with Crippen LogP contribution in [0.3, 0.4) is 0 Å². The number of carbonyl (C=O) groups is 6. The Kier molecular flexibility index (Phi) is 12.5. The minimum atomic E-state index is -1.35. The van der Waals surface area contributed by atoms with Crippen LogP contribution in [0.25, 0.3) is 0 Å². The predicted octanol–water partition coefficient (Wildman–Crippen LogP) is 9.46. The molecule has 4 N–H and O–H groups in total. The van der Waals surface area contributed by atoms with Gasteiger partial charge in [0.1, 0.15) is 22.7 Å². The van der Waals surface area contributed by atoms with Crippen molar-refractivity contribution in [1.82, 2.24) is 0 Å². The minimum Gasteiger partial charge on any atom is -0.510 e. The van der Waals surface area contributed by atoms with Crippen LogP contribution < -0.4 is 0 Å². The average molecular weight is 861 g/mol. The smallest absolute Gasteiger partial charge is 0.183 e. The van der Waals surface area contributed by atoms with Crippen LogP contribution in [-0.2, 0) is 28.8 Å². The monoisotopic (exact) mass is 861 g/mol. The van der Waals surface area contributed by atoms with Gasteiger partial charge in [0.2, 0.25) is 0 Å². The molecule has 4 unspecified atom stereocenters.